The van der Waals surface area contributed by atoms with E-state index in [1.165, 1.54) is 17.0 Å². The van der Waals surface area contributed by atoms with E-state index in [0.29, 0.717) is 5.02 Å². The van der Waals surface area contributed by atoms with E-state index in [0.717, 1.165) is 21.0 Å². The monoisotopic (exact) mass is 617 g/mol. The van der Waals surface area contributed by atoms with Crippen molar-refractivity contribution in [3.05, 3.63) is 131 Å². The standard InChI is InChI=1S/C34H36ClN3O4S/c1-25(2)36-34(40)32(22-27-13-6-4-7-14-27)37(23-28-15-11-10-12-26(28)3)33(39)24-38(30-20-18-29(35)19-21-30)43(41,42)31-16-8-5-9-17-31/h4-21,25,32H,22-24H2,1-3H3,(H,36,40). The molecule has 0 radical (unpaired) electrons. The van der Waals surface area contributed by atoms with Crippen molar-refractivity contribution in [2.75, 3.05) is 10.8 Å². The Bertz CT molecular complexity index is 1630. The molecule has 0 fully saturated rings. The van der Waals surface area contributed by atoms with Gasteiger partial charge in [-0.1, -0.05) is 84.4 Å². The Kier molecular flexibility index (Phi) is 10.6. The van der Waals surface area contributed by atoms with Crippen LogP contribution in [0.3, 0.4) is 0 Å². The summed E-state index contributed by atoms with van der Waals surface area (Å²) in [5.74, 6) is -0.831. The van der Waals surface area contributed by atoms with Gasteiger partial charge in [0.25, 0.3) is 10.0 Å². The molecule has 9 heteroatoms. The number of nitrogens with one attached hydrogen (secondary N) is 1. The van der Waals surface area contributed by atoms with Gasteiger partial charge in [0, 0.05) is 24.0 Å². The molecule has 224 valence electrons. The number of aryl methyl sites for hydroxylation is 1. The number of amides is 2. The molecule has 0 heterocycles. The smallest absolute Gasteiger partial charge is 0.264 e. The summed E-state index contributed by atoms with van der Waals surface area (Å²) >= 11 is 6.12. The molecule has 4 rings (SSSR count). The van der Waals surface area contributed by atoms with Crippen molar-refractivity contribution in [1.29, 1.82) is 0 Å². The second kappa shape index (κ2) is 14.4. The van der Waals surface area contributed by atoms with E-state index in [-0.39, 0.29) is 35.5 Å². The first-order valence-electron chi connectivity index (χ1n) is 14.1. The third-order valence-electron chi connectivity index (χ3n) is 7.03. The van der Waals surface area contributed by atoms with Gasteiger partial charge in [0.2, 0.25) is 11.8 Å². The fraction of sp³-hybridized carbons (Fsp3) is 0.235. The van der Waals surface area contributed by atoms with Gasteiger partial charge in [0.05, 0.1) is 10.6 Å². The fourth-order valence-electron chi connectivity index (χ4n) is 4.76. The zero-order chi connectivity index (χ0) is 31.0. The first-order chi connectivity index (χ1) is 20.6. The number of carbonyl (C=O) groups is 2. The van der Waals surface area contributed by atoms with Crippen LogP contribution in [0.2, 0.25) is 5.02 Å². The number of sulfonamides is 1. The molecule has 7 nitrogen and oxygen atoms in total. The Labute approximate surface area is 259 Å². The first kappa shape index (κ1) is 31.8. The lowest BCUT2D eigenvalue weighted by molar-refractivity contribution is -0.140. The predicted octanol–water partition coefficient (Wildman–Crippen LogP) is 6.01. The maximum atomic E-state index is 14.4. The van der Waals surface area contributed by atoms with Crippen LogP contribution in [0.15, 0.2) is 114 Å². The van der Waals surface area contributed by atoms with Gasteiger partial charge in [0.15, 0.2) is 0 Å². The van der Waals surface area contributed by atoms with Crippen LogP contribution in [0.4, 0.5) is 5.69 Å². The number of benzene rings is 4. The molecular formula is C34H36ClN3O4S. The molecule has 1 atom stereocenters. The Morgan fingerprint density at radius 1 is 0.814 bits per heavy atom. The van der Waals surface area contributed by atoms with Gasteiger partial charge in [-0.05, 0) is 73.9 Å². The zero-order valence-electron chi connectivity index (χ0n) is 24.5. The average molecular weight is 618 g/mol. The van der Waals surface area contributed by atoms with Gasteiger partial charge in [-0.15, -0.1) is 0 Å². The topological polar surface area (TPSA) is 86.8 Å². The highest BCUT2D eigenvalue weighted by Gasteiger charge is 2.35. The van der Waals surface area contributed by atoms with Gasteiger partial charge < -0.3 is 10.2 Å². The molecule has 1 N–H and O–H groups in total. The number of anilines is 1. The minimum atomic E-state index is -4.16. The quantitative estimate of drug-likeness (QED) is 0.211. The molecule has 1 unspecified atom stereocenters. The first-order valence-corrected chi connectivity index (χ1v) is 15.9. The number of hydrogen-bond acceptors (Lipinski definition) is 4. The van der Waals surface area contributed by atoms with Gasteiger partial charge in [-0.2, -0.15) is 0 Å². The summed E-state index contributed by atoms with van der Waals surface area (Å²) in [5.41, 5.74) is 2.97. The summed E-state index contributed by atoms with van der Waals surface area (Å²) in [7, 11) is -4.16. The summed E-state index contributed by atoms with van der Waals surface area (Å²) in [4.78, 5) is 29.7. The van der Waals surface area contributed by atoms with E-state index < -0.39 is 28.5 Å². The molecular weight excluding hydrogens is 582 g/mol. The molecule has 0 aromatic heterocycles. The average Bonchev–Trinajstić information content (AvgIpc) is 2.99. The number of nitrogens with zero attached hydrogens (tertiary/aromatic N) is 2. The fourth-order valence-corrected chi connectivity index (χ4v) is 6.32. The summed E-state index contributed by atoms with van der Waals surface area (Å²) in [6.07, 6.45) is 0.253. The van der Waals surface area contributed by atoms with Gasteiger partial charge in [-0.3, -0.25) is 13.9 Å². The molecule has 43 heavy (non-hydrogen) atoms. The predicted molar refractivity (Wildman–Crippen MR) is 171 cm³/mol. The highest BCUT2D eigenvalue weighted by molar-refractivity contribution is 7.92. The van der Waals surface area contributed by atoms with Crippen LogP contribution >= 0.6 is 11.6 Å². The van der Waals surface area contributed by atoms with Crippen LogP contribution in [-0.2, 0) is 32.6 Å². The maximum Gasteiger partial charge on any atom is 0.264 e. The van der Waals surface area contributed by atoms with Gasteiger partial charge in [-0.25, -0.2) is 8.42 Å². The van der Waals surface area contributed by atoms with E-state index in [9.17, 15) is 18.0 Å². The highest BCUT2D eigenvalue weighted by Crippen LogP contribution is 2.26. The number of halogens is 1. The molecule has 0 aliphatic heterocycles. The summed E-state index contributed by atoms with van der Waals surface area (Å²) < 4.78 is 29.0. The van der Waals surface area contributed by atoms with Crippen LogP contribution < -0.4 is 9.62 Å². The third-order valence-corrected chi connectivity index (χ3v) is 9.07. The third kappa shape index (κ3) is 8.24. The van der Waals surface area contributed by atoms with Crippen LogP contribution in [-0.4, -0.2) is 43.8 Å². The van der Waals surface area contributed by atoms with Crippen LogP contribution in [0.25, 0.3) is 0 Å². The normalized spacial score (nSPS) is 12.0. The van der Waals surface area contributed by atoms with Gasteiger partial charge >= 0.3 is 0 Å². The lowest BCUT2D eigenvalue weighted by Crippen LogP contribution is -2.54. The van der Waals surface area contributed by atoms with E-state index in [4.69, 9.17) is 11.6 Å². The molecule has 0 saturated carbocycles. The SMILES string of the molecule is Cc1ccccc1CN(C(=O)CN(c1ccc(Cl)cc1)S(=O)(=O)c1ccccc1)C(Cc1ccccc1)C(=O)NC(C)C. The molecule has 4 aromatic carbocycles. The van der Waals surface area contributed by atoms with Crippen molar-refractivity contribution in [1.82, 2.24) is 10.2 Å². The van der Waals surface area contributed by atoms with E-state index in [2.05, 4.69) is 5.32 Å². The van der Waals surface area contributed by atoms with Crippen molar-refractivity contribution in [2.24, 2.45) is 0 Å². The minimum absolute atomic E-state index is 0.0431. The molecule has 0 bridgehead atoms. The van der Waals surface area contributed by atoms with Crippen LogP contribution in [0, 0.1) is 6.92 Å². The van der Waals surface area contributed by atoms with Crippen molar-refractivity contribution in [3.63, 3.8) is 0 Å². The molecule has 0 aliphatic carbocycles. The number of hydrogen-bond donors (Lipinski definition) is 1. The van der Waals surface area contributed by atoms with E-state index >= 15 is 0 Å². The Morgan fingerprint density at radius 2 is 1.40 bits per heavy atom. The Morgan fingerprint density at radius 3 is 2.00 bits per heavy atom. The lowest BCUT2D eigenvalue weighted by Gasteiger charge is -2.34. The van der Waals surface area contributed by atoms with E-state index in [1.54, 1.807) is 42.5 Å². The lowest BCUT2D eigenvalue weighted by atomic mass is 10.0. The van der Waals surface area contributed by atoms with E-state index in [1.807, 2.05) is 75.4 Å². The zero-order valence-corrected chi connectivity index (χ0v) is 26.1. The van der Waals surface area contributed by atoms with Crippen molar-refractivity contribution in [3.8, 4) is 0 Å². The maximum absolute atomic E-state index is 14.4. The van der Waals surface area contributed by atoms with Gasteiger partial charge in [0.1, 0.15) is 12.6 Å². The second-order valence-electron chi connectivity index (χ2n) is 10.6. The Hall–Kier alpha value is -4.14. The van der Waals surface area contributed by atoms with Crippen LogP contribution in [0.1, 0.15) is 30.5 Å². The molecule has 2 amide bonds. The highest BCUT2D eigenvalue weighted by atomic mass is 35.5. The van der Waals surface area contributed by atoms with Crippen molar-refractivity contribution >= 4 is 39.1 Å². The summed E-state index contributed by atoms with van der Waals surface area (Å²) in [5, 5.41) is 3.40. The number of rotatable bonds is 12. The summed E-state index contributed by atoms with van der Waals surface area (Å²) in [6, 6.07) is 30.3. The van der Waals surface area contributed by atoms with Crippen molar-refractivity contribution in [2.45, 2.75) is 50.7 Å². The number of carbonyl (C=O) groups excluding carboxylic acids is 2. The molecule has 4 aromatic rings. The molecule has 0 saturated heterocycles. The second-order valence-corrected chi connectivity index (χ2v) is 12.9. The summed E-state index contributed by atoms with van der Waals surface area (Å²) in [6.45, 7) is 5.26. The largest absolute Gasteiger partial charge is 0.352 e. The minimum Gasteiger partial charge on any atom is -0.352 e. The Balaban J connectivity index is 1.80. The molecule has 0 spiro atoms. The van der Waals surface area contributed by atoms with Crippen molar-refractivity contribution < 1.29 is 18.0 Å². The van der Waals surface area contributed by atoms with Crippen LogP contribution in [0.5, 0.6) is 0 Å². The molecule has 0 aliphatic rings.